The number of rotatable bonds is 1. The minimum atomic E-state index is 0.582. The van der Waals surface area contributed by atoms with Gasteiger partial charge in [-0.25, -0.2) is 9.97 Å². The second-order valence-electron chi connectivity index (χ2n) is 2.24. The lowest BCUT2D eigenvalue weighted by Gasteiger charge is -1.98. The maximum absolute atomic E-state index is 8.61. The maximum Gasteiger partial charge on any atom is 0.125 e. The molecule has 0 atom stereocenters. The SMILES string of the molecule is CCc1nc(C)ncc1C#N. The molecule has 11 heavy (non-hydrogen) atoms. The Hall–Kier alpha value is -1.43. The third-order valence-corrected chi connectivity index (χ3v) is 1.44. The molecule has 0 fully saturated rings. The molecule has 0 aliphatic carbocycles. The summed E-state index contributed by atoms with van der Waals surface area (Å²) in [7, 11) is 0. The summed E-state index contributed by atoms with van der Waals surface area (Å²) in [4.78, 5) is 8.05. The molecular formula is C8H9N3. The van der Waals surface area contributed by atoms with Crippen molar-refractivity contribution in [3.05, 3.63) is 23.3 Å². The van der Waals surface area contributed by atoms with Crippen LogP contribution in [-0.4, -0.2) is 9.97 Å². The minimum absolute atomic E-state index is 0.582. The lowest BCUT2D eigenvalue weighted by molar-refractivity contribution is 0.939. The van der Waals surface area contributed by atoms with Crippen molar-refractivity contribution < 1.29 is 0 Å². The van der Waals surface area contributed by atoms with E-state index in [1.165, 1.54) is 0 Å². The Kier molecular flexibility index (Phi) is 2.17. The standard InChI is InChI=1S/C8H9N3/c1-3-8-7(4-9)5-10-6(2)11-8/h5H,3H2,1-2H3. The number of nitrogens with zero attached hydrogens (tertiary/aromatic N) is 3. The molecule has 3 nitrogen and oxygen atoms in total. The van der Waals surface area contributed by atoms with Crippen molar-refractivity contribution in [2.45, 2.75) is 20.3 Å². The summed E-state index contributed by atoms with van der Waals surface area (Å²) >= 11 is 0. The van der Waals surface area contributed by atoms with Crippen LogP contribution in [0.3, 0.4) is 0 Å². The van der Waals surface area contributed by atoms with E-state index in [2.05, 4.69) is 9.97 Å². The van der Waals surface area contributed by atoms with Gasteiger partial charge in [-0.3, -0.25) is 0 Å². The van der Waals surface area contributed by atoms with E-state index in [9.17, 15) is 0 Å². The molecule has 1 rings (SSSR count). The fourth-order valence-electron chi connectivity index (χ4n) is 0.880. The largest absolute Gasteiger partial charge is 0.240 e. The van der Waals surface area contributed by atoms with E-state index < -0.39 is 0 Å². The summed E-state index contributed by atoms with van der Waals surface area (Å²) in [5.41, 5.74) is 1.41. The second-order valence-corrected chi connectivity index (χ2v) is 2.24. The van der Waals surface area contributed by atoms with Gasteiger partial charge in [0.25, 0.3) is 0 Å². The summed E-state index contributed by atoms with van der Waals surface area (Å²) in [5, 5.41) is 8.61. The van der Waals surface area contributed by atoms with E-state index >= 15 is 0 Å². The van der Waals surface area contributed by atoms with Crippen LogP contribution in [0.15, 0.2) is 6.20 Å². The van der Waals surface area contributed by atoms with Gasteiger partial charge >= 0.3 is 0 Å². The molecular weight excluding hydrogens is 138 g/mol. The van der Waals surface area contributed by atoms with E-state index in [0.29, 0.717) is 5.56 Å². The van der Waals surface area contributed by atoms with Gasteiger partial charge in [-0.1, -0.05) is 6.92 Å². The highest BCUT2D eigenvalue weighted by Crippen LogP contribution is 2.03. The van der Waals surface area contributed by atoms with Crippen LogP contribution in [0.1, 0.15) is 24.0 Å². The lowest BCUT2D eigenvalue weighted by Crippen LogP contribution is -1.97. The molecule has 0 radical (unpaired) electrons. The van der Waals surface area contributed by atoms with Gasteiger partial charge in [0.15, 0.2) is 0 Å². The fraction of sp³-hybridized carbons (Fsp3) is 0.375. The van der Waals surface area contributed by atoms with Crippen LogP contribution >= 0.6 is 0 Å². The monoisotopic (exact) mass is 147 g/mol. The van der Waals surface area contributed by atoms with Crippen molar-refractivity contribution in [2.24, 2.45) is 0 Å². The topological polar surface area (TPSA) is 49.6 Å². The van der Waals surface area contributed by atoms with Crippen LogP contribution in [0, 0.1) is 18.3 Å². The molecule has 1 heterocycles. The van der Waals surface area contributed by atoms with E-state index in [0.717, 1.165) is 17.9 Å². The smallest absolute Gasteiger partial charge is 0.125 e. The van der Waals surface area contributed by atoms with Crippen LogP contribution in [-0.2, 0) is 6.42 Å². The number of aryl methyl sites for hydroxylation is 2. The fourth-order valence-corrected chi connectivity index (χ4v) is 0.880. The Labute approximate surface area is 65.7 Å². The van der Waals surface area contributed by atoms with Crippen molar-refractivity contribution in [1.29, 1.82) is 5.26 Å². The van der Waals surface area contributed by atoms with Gasteiger partial charge in [-0.15, -0.1) is 0 Å². The zero-order chi connectivity index (χ0) is 8.27. The molecule has 1 aromatic heterocycles. The first-order valence-corrected chi connectivity index (χ1v) is 3.50. The predicted octanol–water partition coefficient (Wildman–Crippen LogP) is 1.22. The third kappa shape index (κ3) is 1.53. The number of nitriles is 1. The van der Waals surface area contributed by atoms with Crippen LogP contribution in [0.2, 0.25) is 0 Å². The molecule has 1 aromatic rings. The lowest BCUT2D eigenvalue weighted by atomic mass is 10.2. The Morgan fingerprint density at radius 1 is 1.64 bits per heavy atom. The van der Waals surface area contributed by atoms with Gasteiger partial charge in [0.05, 0.1) is 11.3 Å². The molecule has 0 aromatic carbocycles. The molecule has 0 amide bonds. The van der Waals surface area contributed by atoms with Crippen molar-refractivity contribution in [1.82, 2.24) is 9.97 Å². The predicted molar refractivity (Wildman–Crippen MR) is 40.9 cm³/mol. The van der Waals surface area contributed by atoms with Crippen LogP contribution in [0.5, 0.6) is 0 Å². The van der Waals surface area contributed by atoms with Gasteiger partial charge in [0, 0.05) is 6.20 Å². The Bertz CT molecular complexity index is 299. The van der Waals surface area contributed by atoms with E-state index in [4.69, 9.17) is 5.26 Å². The van der Waals surface area contributed by atoms with E-state index in [1.807, 2.05) is 19.9 Å². The highest BCUT2D eigenvalue weighted by Gasteiger charge is 2.00. The first kappa shape index (κ1) is 7.67. The first-order valence-electron chi connectivity index (χ1n) is 3.50. The molecule has 0 N–H and O–H groups in total. The van der Waals surface area contributed by atoms with Crippen molar-refractivity contribution in [3.8, 4) is 6.07 Å². The van der Waals surface area contributed by atoms with Crippen LogP contribution in [0.4, 0.5) is 0 Å². The number of aromatic nitrogens is 2. The van der Waals surface area contributed by atoms with Gasteiger partial charge in [-0.2, -0.15) is 5.26 Å². The Morgan fingerprint density at radius 3 is 2.91 bits per heavy atom. The molecule has 0 bridgehead atoms. The van der Waals surface area contributed by atoms with Crippen molar-refractivity contribution in [2.75, 3.05) is 0 Å². The van der Waals surface area contributed by atoms with Gasteiger partial charge in [0.1, 0.15) is 11.9 Å². The number of hydrogen-bond donors (Lipinski definition) is 0. The van der Waals surface area contributed by atoms with Gasteiger partial charge in [0.2, 0.25) is 0 Å². The Morgan fingerprint density at radius 2 is 2.36 bits per heavy atom. The van der Waals surface area contributed by atoms with Gasteiger partial charge in [-0.05, 0) is 13.3 Å². The highest BCUT2D eigenvalue weighted by atomic mass is 14.9. The van der Waals surface area contributed by atoms with Crippen LogP contribution < -0.4 is 0 Å². The third-order valence-electron chi connectivity index (χ3n) is 1.44. The Balaban J connectivity index is 3.19. The van der Waals surface area contributed by atoms with E-state index in [-0.39, 0.29) is 0 Å². The normalized spacial score (nSPS) is 9.18. The summed E-state index contributed by atoms with van der Waals surface area (Å²) in [6.07, 6.45) is 2.35. The number of hydrogen-bond acceptors (Lipinski definition) is 3. The maximum atomic E-state index is 8.61. The molecule has 0 aliphatic heterocycles. The zero-order valence-corrected chi connectivity index (χ0v) is 6.63. The van der Waals surface area contributed by atoms with Crippen molar-refractivity contribution in [3.63, 3.8) is 0 Å². The summed E-state index contributed by atoms with van der Waals surface area (Å²) in [5.74, 6) is 0.723. The average molecular weight is 147 g/mol. The molecule has 3 heteroatoms. The summed E-state index contributed by atoms with van der Waals surface area (Å²) in [6.45, 7) is 3.79. The molecule has 0 saturated carbocycles. The average Bonchev–Trinajstić information content (AvgIpc) is 2.04. The first-order chi connectivity index (χ1) is 5.27. The van der Waals surface area contributed by atoms with Crippen LogP contribution in [0.25, 0.3) is 0 Å². The quantitative estimate of drug-likeness (QED) is 0.600. The molecule has 0 spiro atoms. The molecule has 0 saturated heterocycles. The summed E-state index contributed by atoms with van der Waals surface area (Å²) in [6, 6.07) is 2.05. The molecule has 0 aliphatic rings. The molecule has 56 valence electrons. The van der Waals surface area contributed by atoms with Crippen molar-refractivity contribution >= 4 is 0 Å². The van der Waals surface area contributed by atoms with E-state index in [1.54, 1.807) is 6.20 Å². The zero-order valence-electron chi connectivity index (χ0n) is 6.63. The summed E-state index contributed by atoms with van der Waals surface area (Å²) < 4.78 is 0. The van der Waals surface area contributed by atoms with Gasteiger partial charge < -0.3 is 0 Å². The minimum Gasteiger partial charge on any atom is -0.240 e. The second kappa shape index (κ2) is 3.11. The highest BCUT2D eigenvalue weighted by molar-refractivity contribution is 5.30. The molecule has 0 unspecified atom stereocenters.